The van der Waals surface area contributed by atoms with E-state index in [9.17, 15) is 0 Å². The molecular formula is C20H35IN4O. The monoisotopic (exact) mass is 474 g/mol. The molecule has 1 fully saturated rings. The third-order valence-corrected chi connectivity index (χ3v) is 4.85. The summed E-state index contributed by atoms with van der Waals surface area (Å²) in [4.78, 5) is 9.58. The Balaban J connectivity index is 0.00000338. The Bertz CT molecular complexity index is 572. The zero-order valence-corrected chi connectivity index (χ0v) is 19.4. The molecule has 5 nitrogen and oxygen atoms in total. The zero-order chi connectivity index (χ0) is 18.4. The number of ether oxygens (including phenoxy) is 1. The maximum Gasteiger partial charge on any atom is 0.194 e. The Labute approximate surface area is 176 Å². The van der Waals surface area contributed by atoms with Crippen molar-refractivity contribution in [2.24, 2.45) is 10.4 Å². The smallest absolute Gasteiger partial charge is 0.194 e. The van der Waals surface area contributed by atoms with Crippen LogP contribution in [0.1, 0.15) is 38.8 Å². The maximum atomic E-state index is 5.27. The molecule has 1 atom stereocenters. The minimum absolute atomic E-state index is 0. The molecule has 148 valence electrons. The SMILES string of the molecule is CCNC(=NCC(c1ccc(OC)cc1)N(C)C)N1CCC(C)(C)C1.I. The molecule has 1 aliphatic rings. The quantitative estimate of drug-likeness (QED) is 0.389. The van der Waals surface area contributed by atoms with Gasteiger partial charge in [0.25, 0.3) is 0 Å². The van der Waals surface area contributed by atoms with Crippen molar-refractivity contribution in [1.82, 2.24) is 15.1 Å². The molecule has 1 unspecified atom stereocenters. The predicted octanol–water partition coefficient (Wildman–Crippen LogP) is 3.61. The van der Waals surface area contributed by atoms with Crippen molar-refractivity contribution in [3.05, 3.63) is 29.8 Å². The highest BCUT2D eigenvalue weighted by molar-refractivity contribution is 14.0. The number of halogens is 1. The Morgan fingerprint density at radius 1 is 1.31 bits per heavy atom. The summed E-state index contributed by atoms with van der Waals surface area (Å²) in [6.45, 7) is 10.6. The lowest BCUT2D eigenvalue weighted by atomic mass is 9.93. The Morgan fingerprint density at radius 3 is 2.42 bits per heavy atom. The average Bonchev–Trinajstić information content (AvgIpc) is 2.94. The van der Waals surface area contributed by atoms with Crippen molar-refractivity contribution in [2.45, 2.75) is 33.2 Å². The molecular weight excluding hydrogens is 439 g/mol. The lowest BCUT2D eigenvalue weighted by molar-refractivity contribution is 0.304. The molecule has 1 aliphatic heterocycles. The minimum Gasteiger partial charge on any atom is -0.497 e. The van der Waals surface area contributed by atoms with Gasteiger partial charge >= 0.3 is 0 Å². The molecule has 1 N–H and O–H groups in total. The summed E-state index contributed by atoms with van der Waals surface area (Å²) in [7, 11) is 5.91. The number of hydrogen-bond acceptors (Lipinski definition) is 3. The van der Waals surface area contributed by atoms with E-state index in [-0.39, 0.29) is 30.0 Å². The Hall–Kier alpha value is -1.02. The number of aliphatic imine (C=N–C) groups is 1. The molecule has 0 amide bonds. The Kier molecular flexibility index (Phi) is 9.16. The maximum absolute atomic E-state index is 5.27. The van der Waals surface area contributed by atoms with Crippen molar-refractivity contribution in [3.63, 3.8) is 0 Å². The lowest BCUT2D eigenvalue weighted by Gasteiger charge is -2.26. The first-order valence-corrected chi connectivity index (χ1v) is 9.20. The van der Waals surface area contributed by atoms with Gasteiger partial charge < -0.3 is 19.9 Å². The predicted molar refractivity (Wildman–Crippen MR) is 121 cm³/mol. The summed E-state index contributed by atoms with van der Waals surface area (Å²) in [5, 5.41) is 3.46. The van der Waals surface area contributed by atoms with E-state index in [1.165, 1.54) is 12.0 Å². The summed E-state index contributed by atoms with van der Waals surface area (Å²) in [5.74, 6) is 1.92. The Morgan fingerprint density at radius 2 is 1.96 bits per heavy atom. The number of guanidine groups is 1. The number of likely N-dealkylation sites (N-methyl/N-ethyl adjacent to an activating group) is 1. The first-order chi connectivity index (χ1) is 11.9. The number of likely N-dealkylation sites (tertiary alicyclic amines) is 1. The fraction of sp³-hybridized carbons (Fsp3) is 0.650. The van der Waals surface area contributed by atoms with Gasteiger partial charge in [0.05, 0.1) is 19.7 Å². The van der Waals surface area contributed by atoms with Crippen LogP contribution in [-0.4, -0.2) is 63.1 Å². The highest BCUT2D eigenvalue weighted by atomic mass is 127. The van der Waals surface area contributed by atoms with Crippen molar-refractivity contribution in [2.75, 3.05) is 47.4 Å². The fourth-order valence-corrected chi connectivity index (χ4v) is 3.28. The average molecular weight is 474 g/mol. The second-order valence-electron chi connectivity index (χ2n) is 7.78. The second kappa shape index (κ2) is 10.3. The molecule has 1 heterocycles. The summed E-state index contributed by atoms with van der Waals surface area (Å²) >= 11 is 0. The second-order valence-corrected chi connectivity index (χ2v) is 7.78. The third kappa shape index (κ3) is 6.30. The third-order valence-electron chi connectivity index (χ3n) is 4.85. The largest absolute Gasteiger partial charge is 0.497 e. The first kappa shape index (κ1) is 23.0. The van der Waals surface area contributed by atoms with Gasteiger partial charge in [-0.05, 0) is 50.6 Å². The minimum atomic E-state index is 0. The van der Waals surface area contributed by atoms with Gasteiger partial charge in [-0.25, -0.2) is 0 Å². The van der Waals surface area contributed by atoms with Crippen LogP contribution in [-0.2, 0) is 0 Å². The molecule has 0 aromatic heterocycles. The summed E-state index contributed by atoms with van der Waals surface area (Å²) < 4.78 is 5.27. The van der Waals surface area contributed by atoms with Gasteiger partial charge in [0.1, 0.15) is 5.75 Å². The molecule has 0 aliphatic carbocycles. The van der Waals surface area contributed by atoms with E-state index in [1.54, 1.807) is 7.11 Å². The summed E-state index contributed by atoms with van der Waals surface area (Å²) in [5.41, 5.74) is 1.62. The van der Waals surface area contributed by atoms with E-state index in [1.807, 2.05) is 12.1 Å². The number of methoxy groups -OCH3 is 1. The zero-order valence-electron chi connectivity index (χ0n) is 17.1. The van der Waals surface area contributed by atoms with Gasteiger partial charge in [-0.2, -0.15) is 0 Å². The van der Waals surface area contributed by atoms with E-state index in [0.717, 1.165) is 37.9 Å². The van der Waals surface area contributed by atoms with Crippen LogP contribution in [0.4, 0.5) is 0 Å². The van der Waals surface area contributed by atoms with E-state index < -0.39 is 0 Å². The van der Waals surface area contributed by atoms with E-state index >= 15 is 0 Å². The standard InChI is InChI=1S/C20H34N4O.HI/c1-7-21-19(24-13-12-20(2,3)15-24)22-14-18(23(4)5)16-8-10-17(25-6)11-9-16;/h8-11,18H,7,12-15H2,1-6H3,(H,21,22);1H. The molecule has 26 heavy (non-hydrogen) atoms. The molecule has 6 heteroatoms. The molecule has 0 saturated carbocycles. The van der Waals surface area contributed by atoms with Crippen molar-refractivity contribution in [3.8, 4) is 5.75 Å². The van der Waals surface area contributed by atoms with Gasteiger partial charge in [-0.15, -0.1) is 24.0 Å². The van der Waals surface area contributed by atoms with Gasteiger partial charge in [0.15, 0.2) is 5.96 Å². The number of nitrogens with zero attached hydrogens (tertiary/aromatic N) is 3. The van der Waals surface area contributed by atoms with Gasteiger partial charge in [0.2, 0.25) is 0 Å². The van der Waals surface area contributed by atoms with Gasteiger partial charge in [0, 0.05) is 19.6 Å². The van der Waals surface area contributed by atoms with Gasteiger partial charge in [-0.3, -0.25) is 4.99 Å². The summed E-state index contributed by atoms with van der Waals surface area (Å²) in [6, 6.07) is 8.54. The van der Waals surface area contributed by atoms with Crippen LogP contribution in [0, 0.1) is 5.41 Å². The molecule has 1 aromatic rings. The van der Waals surface area contributed by atoms with Gasteiger partial charge in [-0.1, -0.05) is 26.0 Å². The van der Waals surface area contributed by atoms with Crippen LogP contribution < -0.4 is 10.1 Å². The lowest BCUT2D eigenvalue weighted by Crippen LogP contribution is -2.41. The topological polar surface area (TPSA) is 40.1 Å². The fourth-order valence-electron chi connectivity index (χ4n) is 3.28. The number of hydrogen-bond donors (Lipinski definition) is 1. The molecule has 0 radical (unpaired) electrons. The molecule has 1 aromatic carbocycles. The summed E-state index contributed by atoms with van der Waals surface area (Å²) in [6.07, 6.45) is 1.22. The highest BCUT2D eigenvalue weighted by Gasteiger charge is 2.31. The van der Waals surface area contributed by atoms with Crippen LogP contribution in [0.2, 0.25) is 0 Å². The normalized spacial score (nSPS) is 17.8. The van der Waals surface area contributed by atoms with Crippen LogP contribution in [0.5, 0.6) is 5.75 Å². The molecule has 0 spiro atoms. The number of nitrogens with one attached hydrogen (secondary N) is 1. The van der Waals surface area contributed by atoms with Crippen molar-refractivity contribution < 1.29 is 4.74 Å². The highest BCUT2D eigenvalue weighted by Crippen LogP contribution is 2.29. The van der Waals surface area contributed by atoms with Crippen LogP contribution in [0.15, 0.2) is 29.3 Å². The number of benzene rings is 1. The molecule has 2 rings (SSSR count). The van der Waals surface area contributed by atoms with E-state index in [4.69, 9.17) is 9.73 Å². The van der Waals surface area contributed by atoms with Crippen LogP contribution in [0.3, 0.4) is 0 Å². The van der Waals surface area contributed by atoms with Crippen LogP contribution >= 0.6 is 24.0 Å². The van der Waals surface area contributed by atoms with Crippen molar-refractivity contribution >= 4 is 29.9 Å². The molecule has 1 saturated heterocycles. The number of rotatable bonds is 6. The van der Waals surface area contributed by atoms with E-state index in [2.05, 4.69) is 62.1 Å². The van der Waals surface area contributed by atoms with Crippen molar-refractivity contribution in [1.29, 1.82) is 0 Å². The first-order valence-electron chi connectivity index (χ1n) is 9.20. The van der Waals surface area contributed by atoms with Crippen LogP contribution in [0.25, 0.3) is 0 Å². The van der Waals surface area contributed by atoms with E-state index in [0.29, 0.717) is 5.41 Å². The molecule has 0 bridgehead atoms.